The number of hydrogen-bond donors (Lipinski definition) is 1. The fraction of sp³-hybridized carbons (Fsp3) is 0.167. The van der Waals surface area contributed by atoms with E-state index in [-0.39, 0.29) is 12.4 Å². The van der Waals surface area contributed by atoms with E-state index in [4.69, 9.17) is 9.84 Å². The first-order valence-electron chi connectivity index (χ1n) is 11.7. The first-order valence-corrected chi connectivity index (χ1v) is 11.7. The van der Waals surface area contributed by atoms with Crippen LogP contribution in [0, 0.1) is 6.92 Å². The highest BCUT2D eigenvalue weighted by atomic mass is 16.5. The number of aryl methyl sites for hydroxylation is 1. The maximum atomic E-state index is 13.3. The fourth-order valence-electron chi connectivity index (χ4n) is 3.70. The molecule has 1 N–H and O–H groups in total. The highest BCUT2D eigenvalue weighted by Crippen LogP contribution is 2.21. The summed E-state index contributed by atoms with van der Waals surface area (Å²) in [5, 5.41) is 8.99. The van der Waals surface area contributed by atoms with Gasteiger partial charge in [-0.05, 0) is 31.0 Å². The molecule has 0 bridgehead atoms. The van der Waals surface area contributed by atoms with Crippen LogP contribution in [0.3, 0.4) is 0 Å². The Morgan fingerprint density at radius 2 is 1.78 bits per heavy atom. The summed E-state index contributed by atoms with van der Waals surface area (Å²) >= 11 is 0. The van der Waals surface area contributed by atoms with Crippen LogP contribution in [0.25, 0.3) is 17.3 Å². The van der Waals surface area contributed by atoms with E-state index in [1.165, 1.54) is 6.92 Å². The number of benzene rings is 3. The Morgan fingerprint density at radius 1 is 1.03 bits per heavy atom. The molecule has 6 heteroatoms. The second-order valence-electron chi connectivity index (χ2n) is 8.60. The number of imidazole rings is 1. The first-order chi connectivity index (χ1) is 17.4. The number of ketones is 1. The summed E-state index contributed by atoms with van der Waals surface area (Å²) in [4.78, 5) is 29.0. The molecule has 0 unspecified atom stereocenters. The SMILES string of the molecule is Cc1ccc(C(=O)c2nc(-c3ccccc3)cn2CC=Cc2cccc(CO[C@H](C)C(=O)O)c2)cc1. The molecular weight excluding hydrogens is 452 g/mol. The van der Waals surface area contributed by atoms with Gasteiger partial charge in [0.1, 0.15) is 0 Å². The molecular formula is C30H28N2O4. The number of carbonyl (C=O) groups is 2. The summed E-state index contributed by atoms with van der Waals surface area (Å²) < 4.78 is 7.24. The molecule has 6 nitrogen and oxygen atoms in total. The van der Waals surface area contributed by atoms with Crippen LogP contribution >= 0.6 is 0 Å². The Kier molecular flexibility index (Phi) is 7.88. The third-order valence-corrected chi connectivity index (χ3v) is 5.77. The molecule has 4 rings (SSSR count). The Balaban J connectivity index is 1.55. The van der Waals surface area contributed by atoms with Crippen molar-refractivity contribution >= 4 is 17.8 Å². The normalized spacial score (nSPS) is 12.1. The van der Waals surface area contributed by atoms with Crippen molar-refractivity contribution in [2.45, 2.75) is 33.1 Å². The molecule has 0 fully saturated rings. The van der Waals surface area contributed by atoms with Crippen molar-refractivity contribution in [3.63, 3.8) is 0 Å². The third-order valence-electron chi connectivity index (χ3n) is 5.77. The summed E-state index contributed by atoms with van der Waals surface area (Å²) in [5.41, 5.74) is 5.21. The van der Waals surface area contributed by atoms with Gasteiger partial charge in [0.25, 0.3) is 0 Å². The second kappa shape index (κ2) is 11.4. The van der Waals surface area contributed by atoms with Crippen molar-refractivity contribution in [2.24, 2.45) is 0 Å². The van der Waals surface area contributed by atoms with Gasteiger partial charge in [-0.25, -0.2) is 9.78 Å². The molecule has 182 valence electrons. The van der Waals surface area contributed by atoms with E-state index in [9.17, 15) is 9.59 Å². The Bertz CT molecular complexity index is 1370. The lowest BCUT2D eigenvalue weighted by atomic mass is 10.1. The van der Waals surface area contributed by atoms with Crippen molar-refractivity contribution in [3.8, 4) is 11.3 Å². The molecule has 0 aliphatic rings. The largest absolute Gasteiger partial charge is 0.479 e. The number of ether oxygens (including phenoxy) is 1. The second-order valence-corrected chi connectivity index (χ2v) is 8.60. The van der Waals surface area contributed by atoms with Crippen LogP contribution in [0.15, 0.2) is 91.1 Å². The zero-order valence-corrected chi connectivity index (χ0v) is 20.3. The Morgan fingerprint density at radius 3 is 2.50 bits per heavy atom. The molecule has 1 atom stereocenters. The molecule has 4 aromatic rings. The minimum absolute atomic E-state index is 0.128. The first kappa shape index (κ1) is 24.8. The van der Waals surface area contributed by atoms with E-state index in [0.717, 1.165) is 27.9 Å². The number of allylic oxidation sites excluding steroid dienone is 1. The number of rotatable bonds is 10. The lowest BCUT2D eigenvalue weighted by Gasteiger charge is -2.09. The van der Waals surface area contributed by atoms with Gasteiger partial charge in [-0.15, -0.1) is 0 Å². The van der Waals surface area contributed by atoms with Crippen LogP contribution < -0.4 is 0 Å². The number of aliphatic carboxylic acids is 1. The minimum Gasteiger partial charge on any atom is -0.479 e. The quantitative estimate of drug-likeness (QED) is 0.291. The molecule has 0 saturated heterocycles. The average Bonchev–Trinajstić information content (AvgIpc) is 3.32. The molecule has 1 heterocycles. The van der Waals surface area contributed by atoms with Crippen molar-refractivity contribution in [3.05, 3.63) is 119 Å². The maximum absolute atomic E-state index is 13.3. The Labute approximate surface area is 210 Å². The van der Waals surface area contributed by atoms with E-state index in [1.807, 2.05) is 109 Å². The summed E-state index contributed by atoms with van der Waals surface area (Å²) in [5.74, 6) is -0.735. The van der Waals surface area contributed by atoms with Crippen LogP contribution in [-0.4, -0.2) is 32.5 Å². The van der Waals surface area contributed by atoms with Crippen LogP contribution in [0.4, 0.5) is 0 Å². The minimum atomic E-state index is -0.989. The highest BCUT2D eigenvalue weighted by Gasteiger charge is 2.18. The molecule has 0 aliphatic carbocycles. The standard InChI is InChI=1S/C30H28N2O4/c1-21-13-15-26(16-14-21)28(33)29-31-27(25-11-4-3-5-12-25)19-32(29)17-7-10-23-8-6-9-24(18-23)20-36-22(2)30(34)35/h3-16,18-19,22H,17,20H2,1-2H3,(H,34,35)/t22-/m1/s1. The van der Waals surface area contributed by atoms with Crippen LogP contribution in [0.2, 0.25) is 0 Å². The van der Waals surface area contributed by atoms with Gasteiger partial charge in [0.05, 0.1) is 12.3 Å². The number of hydrogen-bond acceptors (Lipinski definition) is 4. The zero-order valence-electron chi connectivity index (χ0n) is 20.3. The van der Waals surface area contributed by atoms with Gasteiger partial charge >= 0.3 is 5.97 Å². The number of carboxylic acid groups (broad SMARTS) is 1. The monoisotopic (exact) mass is 480 g/mol. The predicted molar refractivity (Wildman–Crippen MR) is 140 cm³/mol. The topological polar surface area (TPSA) is 81.4 Å². The predicted octanol–water partition coefficient (Wildman–Crippen LogP) is 5.79. The summed E-state index contributed by atoms with van der Waals surface area (Å²) in [6, 6.07) is 25.0. The molecule has 36 heavy (non-hydrogen) atoms. The van der Waals surface area contributed by atoms with Crippen LogP contribution in [0.1, 0.15) is 39.8 Å². The molecule has 0 spiro atoms. The summed E-state index contributed by atoms with van der Waals surface area (Å²) in [6.07, 6.45) is 4.97. The van der Waals surface area contributed by atoms with Crippen molar-refractivity contribution in [1.29, 1.82) is 0 Å². The average molecular weight is 481 g/mol. The molecule has 0 radical (unpaired) electrons. The van der Waals surface area contributed by atoms with Gasteiger partial charge in [0.15, 0.2) is 11.9 Å². The third kappa shape index (κ3) is 6.23. The van der Waals surface area contributed by atoms with E-state index in [0.29, 0.717) is 17.9 Å². The van der Waals surface area contributed by atoms with Crippen molar-refractivity contribution in [2.75, 3.05) is 0 Å². The van der Waals surface area contributed by atoms with Crippen LogP contribution in [-0.2, 0) is 22.7 Å². The smallest absolute Gasteiger partial charge is 0.332 e. The lowest BCUT2D eigenvalue weighted by Crippen LogP contribution is -2.19. The number of carbonyl (C=O) groups excluding carboxylic acids is 1. The van der Waals surface area contributed by atoms with Gasteiger partial charge in [0, 0.05) is 23.9 Å². The van der Waals surface area contributed by atoms with Gasteiger partial charge < -0.3 is 14.4 Å². The van der Waals surface area contributed by atoms with Gasteiger partial charge in [-0.3, -0.25) is 4.79 Å². The van der Waals surface area contributed by atoms with E-state index in [2.05, 4.69) is 4.98 Å². The van der Waals surface area contributed by atoms with E-state index >= 15 is 0 Å². The van der Waals surface area contributed by atoms with Gasteiger partial charge in [0.2, 0.25) is 5.78 Å². The number of aromatic nitrogens is 2. The number of nitrogens with zero attached hydrogens (tertiary/aromatic N) is 2. The van der Waals surface area contributed by atoms with Gasteiger partial charge in [-0.1, -0.05) is 90.5 Å². The lowest BCUT2D eigenvalue weighted by molar-refractivity contribution is -0.149. The molecule has 1 aromatic heterocycles. The zero-order chi connectivity index (χ0) is 25.5. The van der Waals surface area contributed by atoms with E-state index in [1.54, 1.807) is 0 Å². The molecule has 0 amide bonds. The highest BCUT2D eigenvalue weighted by molar-refractivity contribution is 6.07. The summed E-state index contributed by atoms with van der Waals surface area (Å²) in [7, 11) is 0. The van der Waals surface area contributed by atoms with E-state index < -0.39 is 12.1 Å². The molecule has 3 aromatic carbocycles. The van der Waals surface area contributed by atoms with Crippen molar-refractivity contribution < 1.29 is 19.4 Å². The molecule has 0 aliphatic heterocycles. The number of carboxylic acids is 1. The molecule has 0 saturated carbocycles. The fourth-order valence-corrected chi connectivity index (χ4v) is 3.70. The van der Waals surface area contributed by atoms with Crippen LogP contribution in [0.5, 0.6) is 0 Å². The van der Waals surface area contributed by atoms with Crippen molar-refractivity contribution in [1.82, 2.24) is 9.55 Å². The van der Waals surface area contributed by atoms with Gasteiger partial charge in [-0.2, -0.15) is 0 Å². The Hall–Kier alpha value is -4.29. The maximum Gasteiger partial charge on any atom is 0.332 e. The summed E-state index contributed by atoms with van der Waals surface area (Å²) in [6.45, 7) is 4.17.